The minimum atomic E-state index is -0.965. The summed E-state index contributed by atoms with van der Waals surface area (Å²) in [6.07, 6.45) is 2.00. The molecule has 0 saturated heterocycles. The number of halogens is 1. The largest absolute Gasteiger partial charge is 0.480 e. The first-order valence-electron chi connectivity index (χ1n) is 4.91. The number of carboxylic acids is 1. The van der Waals surface area contributed by atoms with Crippen LogP contribution in [0.5, 0.6) is 0 Å². The lowest BCUT2D eigenvalue weighted by Crippen LogP contribution is -2.30. The Morgan fingerprint density at radius 3 is 2.80 bits per heavy atom. The Labute approximate surface area is 86.9 Å². The molecule has 1 aliphatic carbocycles. The third-order valence-corrected chi connectivity index (χ3v) is 2.41. The van der Waals surface area contributed by atoms with Gasteiger partial charge in [0.05, 0.1) is 0 Å². The molecule has 1 atom stereocenters. The van der Waals surface area contributed by atoms with Gasteiger partial charge in [-0.25, -0.2) is 4.39 Å². The highest BCUT2D eigenvalue weighted by atomic mass is 19.1. The van der Waals surface area contributed by atoms with Crippen LogP contribution < -0.4 is 5.32 Å². The first kappa shape index (κ1) is 10.1. The SMILES string of the molecule is O=C(O)C(NC1CC1)c1cccc(F)c1. The zero-order chi connectivity index (χ0) is 10.8. The van der Waals surface area contributed by atoms with Crippen LogP contribution in [-0.2, 0) is 4.79 Å². The van der Waals surface area contributed by atoms with Gasteiger partial charge in [0.25, 0.3) is 0 Å². The molecule has 1 saturated carbocycles. The van der Waals surface area contributed by atoms with Gasteiger partial charge in [0.2, 0.25) is 0 Å². The van der Waals surface area contributed by atoms with Crippen LogP contribution in [0.4, 0.5) is 4.39 Å². The van der Waals surface area contributed by atoms with Crippen molar-refractivity contribution in [2.75, 3.05) is 0 Å². The molecule has 1 unspecified atom stereocenters. The van der Waals surface area contributed by atoms with E-state index in [1.165, 1.54) is 18.2 Å². The van der Waals surface area contributed by atoms with Crippen LogP contribution >= 0.6 is 0 Å². The summed E-state index contributed by atoms with van der Waals surface area (Å²) >= 11 is 0. The summed E-state index contributed by atoms with van der Waals surface area (Å²) in [4.78, 5) is 11.0. The molecule has 0 heterocycles. The van der Waals surface area contributed by atoms with Crippen molar-refractivity contribution < 1.29 is 14.3 Å². The monoisotopic (exact) mass is 209 g/mol. The van der Waals surface area contributed by atoms with Gasteiger partial charge in [0.15, 0.2) is 0 Å². The van der Waals surface area contributed by atoms with Crippen molar-refractivity contribution in [2.45, 2.75) is 24.9 Å². The second-order valence-electron chi connectivity index (χ2n) is 3.77. The van der Waals surface area contributed by atoms with Gasteiger partial charge in [0.1, 0.15) is 11.9 Å². The summed E-state index contributed by atoms with van der Waals surface area (Å²) < 4.78 is 12.9. The van der Waals surface area contributed by atoms with Crippen molar-refractivity contribution in [3.8, 4) is 0 Å². The van der Waals surface area contributed by atoms with E-state index in [-0.39, 0.29) is 6.04 Å². The number of hydrogen-bond acceptors (Lipinski definition) is 2. The van der Waals surface area contributed by atoms with Crippen molar-refractivity contribution in [3.63, 3.8) is 0 Å². The van der Waals surface area contributed by atoms with E-state index in [9.17, 15) is 9.18 Å². The van der Waals surface area contributed by atoms with E-state index < -0.39 is 17.8 Å². The quantitative estimate of drug-likeness (QED) is 0.793. The number of hydrogen-bond donors (Lipinski definition) is 2. The molecule has 0 aromatic heterocycles. The molecule has 0 spiro atoms. The fraction of sp³-hybridized carbons (Fsp3) is 0.364. The van der Waals surface area contributed by atoms with Gasteiger partial charge < -0.3 is 5.11 Å². The zero-order valence-electron chi connectivity index (χ0n) is 8.11. The number of nitrogens with one attached hydrogen (secondary N) is 1. The lowest BCUT2D eigenvalue weighted by Gasteiger charge is -2.14. The van der Waals surface area contributed by atoms with Gasteiger partial charge in [-0.15, -0.1) is 0 Å². The third-order valence-electron chi connectivity index (χ3n) is 2.41. The normalized spacial score (nSPS) is 17.4. The van der Waals surface area contributed by atoms with E-state index in [1.807, 2.05) is 0 Å². The van der Waals surface area contributed by atoms with Gasteiger partial charge in [0, 0.05) is 6.04 Å². The maximum absolute atomic E-state index is 12.9. The van der Waals surface area contributed by atoms with E-state index in [1.54, 1.807) is 6.07 Å². The molecule has 1 aliphatic rings. The van der Waals surface area contributed by atoms with Gasteiger partial charge in [-0.1, -0.05) is 12.1 Å². The summed E-state index contributed by atoms with van der Waals surface area (Å²) in [5.74, 6) is -1.37. The molecule has 1 aromatic carbocycles. The summed E-state index contributed by atoms with van der Waals surface area (Å²) in [6.45, 7) is 0. The van der Waals surface area contributed by atoms with Crippen LogP contribution in [0.2, 0.25) is 0 Å². The molecule has 0 radical (unpaired) electrons. The summed E-state index contributed by atoms with van der Waals surface area (Å²) in [6, 6.07) is 5.18. The van der Waals surface area contributed by atoms with Crippen molar-refractivity contribution in [1.29, 1.82) is 0 Å². The average Bonchev–Trinajstić information content (AvgIpc) is 2.97. The molecule has 15 heavy (non-hydrogen) atoms. The summed E-state index contributed by atoms with van der Waals surface area (Å²) in [5, 5.41) is 12.0. The molecule has 1 aromatic rings. The molecule has 0 aliphatic heterocycles. The summed E-state index contributed by atoms with van der Waals surface area (Å²) in [5.41, 5.74) is 0.467. The second kappa shape index (κ2) is 3.98. The zero-order valence-corrected chi connectivity index (χ0v) is 8.11. The van der Waals surface area contributed by atoms with E-state index in [2.05, 4.69) is 5.32 Å². The fourth-order valence-corrected chi connectivity index (χ4v) is 1.48. The Balaban J connectivity index is 2.18. The highest BCUT2D eigenvalue weighted by Gasteiger charge is 2.29. The lowest BCUT2D eigenvalue weighted by atomic mass is 10.1. The number of aliphatic carboxylic acids is 1. The third kappa shape index (κ3) is 2.53. The molecule has 2 N–H and O–H groups in total. The van der Waals surface area contributed by atoms with Crippen molar-refractivity contribution >= 4 is 5.97 Å². The van der Waals surface area contributed by atoms with E-state index in [4.69, 9.17) is 5.11 Å². The minimum Gasteiger partial charge on any atom is -0.480 e. The average molecular weight is 209 g/mol. The maximum Gasteiger partial charge on any atom is 0.325 e. The summed E-state index contributed by atoms with van der Waals surface area (Å²) in [7, 11) is 0. The van der Waals surface area contributed by atoms with Crippen molar-refractivity contribution in [3.05, 3.63) is 35.6 Å². The topological polar surface area (TPSA) is 49.3 Å². The van der Waals surface area contributed by atoms with Gasteiger partial charge in [-0.2, -0.15) is 0 Å². The molecular formula is C11H12FNO2. The Morgan fingerprint density at radius 1 is 1.53 bits per heavy atom. The van der Waals surface area contributed by atoms with Crippen LogP contribution in [0.3, 0.4) is 0 Å². The maximum atomic E-state index is 12.9. The number of benzene rings is 1. The number of carbonyl (C=O) groups is 1. The van der Waals surface area contributed by atoms with Gasteiger partial charge >= 0.3 is 5.97 Å². The Bertz CT molecular complexity index is 377. The van der Waals surface area contributed by atoms with Gasteiger partial charge in [-0.3, -0.25) is 10.1 Å². The second-order valence-corrected chi connectivity index (χ2v) is 3.77. The van der Waals surface area contributed by atoms with Crippen molar-refractivity contribution in [2.24, 2.45) is 0 Å². The Kier molecular flexibility index (Phi) is 2.68. The van der Waals surface area contributed by atoms with Crippen LogP contribution in [0, 0.1) is 5.82 Å². The minimum absolute atomic E-state index is 0.273. The molecule has 3 nitrogen and oxygen atoms in total. The van der Waals surface area contributed by atoms with Gasteiger partial charge in [-0.05, 0) is 30.5 Å². The van der Waals surface area contributed by atoms with Crippen LogP contribution in [-0.4, -0.2) is 17.1 Å². The Morgan fingerprint density at radius 2 is 2.27 bits per heavy atom. The highest BCUT2D eigenvalue weighted by molar-refractivity contribution is 5.75. The predicted molar refractivity (Wildman–Crippen MR) is 52.9 cm³/mol. The van der Waals surface area contributed by atoms with Crippen LogP contribution in [0.15, 0.2) is 24.3 Å². The fourth-order valence-electron chi connectivity index (χ4n) is 1.48. The molecule has 0 bridgehead atoms. The van der Waals surface area contributed by atoms with Crippen molar-refractivity contribution in [1.82, 2.24) is 5.32 Å². The Hall–Kier alpha value is -1.42. The smallest absolute Gasteiger partial charge is 0.325 e. The standard InChI is InChI=1S/C11H12FNO2/c12-8-3-1-2-7(6-8)10(11(14)15)13-9-4-5-9/h1-3,6,9-10,13H,4-5H2,(H,14,15). The van der Waals surface area contributed by atoms with Crippen LogP contribution in [0.25, 0.3) is 0 Å². The number of carboxylic acid groups (broad SMARTS) is 1. The molecule has 4 heteroatoms. The predicted octanol–water partition coefficient (Wildman–Crippen LogP) is 1.70. The molecule has 1 fully saturated rings. The lowest BCUT2D eigenvalue weighted by molar-refractivity contribution is -0.139. The number of rotatable bonds is 4. The van der Waals surface area contributed by atoms with Crippen LogP contribution in [0.1, 0.15) is 24.4 Å². The first-order chi connectivity index (χ1) is 7.16. The molecular weight excluding hydrogens is 197 g/mol. The first-order valence-corrected chi connectivity index (χ1v) is 4.91. The van der Waals surface area contributed by atoms with E-state index in [0.717, 1.165) is 12.8 Å². The highest BCUT2D eigenvalue weighted by Crippen LogP contribution is 2.24. The molecule has 2 rings (SSSR count). The van der Waals surface area contributed by atoms with E-state index in [0.29, 0.717) is 5.56 Å². The molecule has 80 valence electrons. The van der Waals surface area contributed by atoms with E-state index >= 15 is 0 Å². The molecule has 0 amide bonds.